The van der Waals surface area contributed by atoms with Crippen molar-refractivity contribution in [2.45, 2.75) is 25.4 Å². The number of anilines is 2. The molecule has 0 bridgehead atoms. The van der Waals surface area contributed by atoms with Gasteiger partial charge in [0.25, 0.3) is 0 Å². The minimum Gasteiger partial charge on any atom is -0.406 e. The van der Waals surface area contributed by atoms with Crippen LogP contribution in [0.1, 0.15) is 18.7 Å². The van der Waals surface area contributed by atoms with Gasteiger partial charge in [-0.15, -0.1) is 5.10 Å². The van der Waals surface area contributed by atoms with Crippen LogP contribution in [0.3, 0.4) is 0 Å². The van der Waals surface area contributed by atoms with Crippen LogP contribution in [0.4, 0.5) is 16.1 Å². The van der Waals surface area contributed by atoms with Crippen LogP contribution in [0, 0.1) is 5.82 Å². The van der Waals surface area contributed by atoms with E-state index in [4.69, 9.17) is 16.0 Å². The number of halogens is 3. The van der Waals surface area contributed by atoms with Crippen LogP contribution in [0.15, 0.2) is 21.0 Å². The first-order valence-electron chi connectivity index (χ1n) is 6.09. The third kappa shape index (κ3) is 3.28. The Balaban J connectivity index is 1.70. The van der Waals surface area contributed by atoms with E-state index >= 15 is 0 Å². The van der Waals surface area contributed by atoms with E-state index in [9.17, 15) is 4.39 Å². The second-order valence-corrected chi connectivity index (χ2v) is 5.79. The lowest BCUT2D eigenvalue weighted by Gasteiger charge is -2.06. The third-order valence-electron chi connectivity index (χ3n) is 2.82. The summed E-state index contributed by atoms with van der Waals surface area (Å²) in [6.45, 7) is 0.539. The SMILES string of the molecule is Fc1cc(Cl)c(Nc2nnc(CNC3CC3)o2)c(Br)c1. The summed E-state index contributed by atoms with van der Waals surface area (Å²) in [5.74, 6) is 0.0704. The number of benzene rings is 1. The van der Waals surface area contributed by atoms with Gasteiger partial charge in [0, 0.05) is 10.5 Å². The van der Waals surface area contributed by atoms with Crippen molar-refractivity contribution >= 4 is 39.2 Å². The fraction of sp³-hybridized carbons (Fsp3) is 0.333. The van der Waals surface area contributed by atoms with Crippen molar-refractivity contribution in [3.8, 4) is 0 Å². The molecule has 2 N–H and O–H groups in total. The van der Waals surface area contributed by atoms with E-state index in [-0.39, 0.29) is 11.0 Å². The molecule has 20 heavy (non-hydrogen) atoms. The van der Waals surface area contributed by atoms with Crippen molar-refractivity contribution < 1.29 is 8.81 Å². The minimum absolute atomic E-state index is 0.215. The average Bonchev–Trinajstić information content (AvgIpc) is 3.11. The van der Waals surface area contributed by atoms with Crippen LogP contribution in [0.5, 0.6) is 0 Å². The third-order valence-corrected chi connectivity index (χ3v) is 3.75. The molecule has 5 nitrogen and oxygen atoms in total. The van der Waals surface area contributed by atoms with Gasteiger partial charge in [-0.05, 0) is 40.9 Å². The normalized spacial score (nSPS) is 14.6. The zero-order valence-electron chi connectivity index (χ0n) is 10.3. The van der Waals surface area contributed by atoms with E-state index in [2.05, 4.69) is 36.8 Å². The van der Waals surface area contributed by atoms with E-state index in [1.807, 2.05) is 0 Å². The van der Waals surface area contributed by atoms with Crippen LogP contribution in [-0.4, -0.2) is 16.2 Å². The Bertz CT molecular complexity index is 609. The second-order valence-electron chi connectivity index (χ2n) is 4.53. The molecule has 1 aromatic heterocycles. The molecule has 1 fully saturated rings. The Labute approximate surface area is 128 Å². The Morgan fingerprint density at radius 2 is 2.20 bits per heavy atom. The van der Waals surface area contributed by atoms with E-state index in [1.54, 1.807) is 0 Å². The molecule has 1 heterocycles. The molecule has 1 aliphatic rings. The molecule has 0 amide bonds. The lowest BCUT2D eigenvalue weighted by atomic mass is 10.3. The predicted octanol–water partition coefficient (Wildman–Crippen LogP) is 3.62. The van der Waals surface area contributed by atoms with Gasteiger partial charge >= 0.3 is 6.01 Å². The predicted molar refractivity (Wildman–Crippen MR) is 76.6 cm³/mol. The summed E-state index contributed by atoms with van der Waals surface area (Å²) in [7, 11) is 0. The zero-order chi connectivity index (χ0) is 14.1. The van der Waals surface area contributed by atoms with E-state index in [0.717, 1.165) is 0 Å². The smallest absolute Gasteiger partial charge is 0.320 e. The fourth-order valence-corrected chi connectivity index (χ4v) is 2.56. The van der Waals surface area contributed by atoms with Crippen LogP contribution in [0.2, 0.25) is 5.02 Å². The van der Waals surface area contributed by atoms with Crippen molar-refractivity contribution in [2.24, 2.45) is 0 Å². The van der Waals surface area contributed by atoms with Crippen LogP contribution in [0.25, 0.3) is 0 Å². The van der Waals surface area contributed by atoms with Crippen LogP contribution >= 0.6 is 27.5 Å². The summed E-state index contributed by atoms with van der Waals surface area (Å²) in [6, 6.07) is 3.30. The highest BCUT2D eigenvalue weighted by Gasteiger charge is 2.21. The molecule has 0 atom stereocenters. The molecule has 0 radical (unpaired) electrons. The van der Waals surface area contributed by atoms with Crippen molar-refractivity contribution in [1.82, 2.24) is 15.5 Å². The van der Waals surface area contributed by atoms with Gasteiger partial charge in [-0.3, -0.25) is 0 Å². The highest BCUT2D eigenvalue weighted by molar-refractivity contribution is 9.10. The molecule has 1 aliphatic carbocycles. The molecule has 1 aromatic carbocycles. The number of aromatic nitrogens is 2. The molecule has 106 valence electrons. The van der Waals surface area contributed by atoms with Crippen molar-refractivity contribution in [3.63, 3.8) is 0 Å². The monoisotopic (exact) mass is 360 g/mol. The first-order valence-corrected chi connectivity index (χ1v) is 7.26. The largest absolute Gasteiger partial charge is 0.406 e. The quantitative estimate of drug-likeness (QED) is 0.851. The minimum atomic E-state index is -0.424. The summed E-state index contributed by atoms with van der Waals surface area (Å²) >= 11 is 9.20. The molecule has 8 heteroatoms. The van der Waals surface area contributed by atoms with Gasteiger partial charge < -0.3 is 15.1 Å². The first-order chi connectivity index (χ1) is 9.61. The van der Waals surface area contributed by atoms with Gasteiger partial charge in [-0.2, -0.15) is 0 Å². The lowest BCUT2D eigenvalue weighted by molar-refractivity contribution is 0.478. The average molecular weight is 362 g/mol. The Morgan fingerprint density at radius 1 is 1.40 bits per heavy atom. The van der Waals surface area contributed by atoms with Gasteiger partial charge in [-0.25, -0.2) is 4.39 Å². The maximum absolute atomic E-state index is 13.1. The van der Waals surface area contributed by atoms with Crippen molar-refractivity contribution in [1.29, 1.82) is 0 Å². The highest BCUT2D eigenvalue weighted by atomic mass is 79.9. The summed E-state index contributed by atoms with van der Waals surface area (Å²) < 4.78 is 19.1. The second kappa shape index (κ2) is 5.67. The Morgan fingerprint density at radius 3 is 2.90 bits per heavy atom. The maximum atomic E-state index is 13.1. The Hall–Kier alpha value is -1.18. The number of rotatable bonds is 5. The molecule has 2 aromatic rings. The van der Waals surface area contributed by atoms with E-state index in [1.165, 1.54) is 25.0 Å². The Kier molecular flexibility index (Phi) is 3.91. The molecule has 0 unspecified atom stereocenters. The van der Waals surface area contributed by atoms with Gasteiger partial charge in [0.1, 0.15) is 5.82 Å². The molecule has 0 saturated heterocycles. The summed E-state index contributed by atoms with van der Waals surface area (Å²) in [6.07, 6.45) is 2.38. The van der Waals surface area contributed by atoms with Crippen molar-refractivity contribution in [3.05, 3.63) is 33.3 Å². The molecular weight excluding hydrogens is 351 g/mol. The van der Waals surface area contributed by atoms with Gasteiger partial charge in [0.05, 0.1) is 17.3 Å². The lowest BCUT2D eigenvalue weighted by Crippen LogP contribution is -2.15. The summed E-state index contributed by atoms with van der Waals surface area (Å²) in [5, 5.41) is 14.2. The molecule has 0 spiro atoms. The topological polar surface area (TPSA) is 63.0 Å². The molecule has 3 rings (SSSR count). The number of hydrogen-bond acceptors (Lipinski definition) is 5. The summed E-state index contributed by atoms with van der Waals surface area (Å²) in [5.41, 5.74) is 0.485. The number of hydrogen-bond donors (Lipinski definition) is 2. The van der Waals surface area contributed by atoms with Gasteiger partial charge in [0.15, 0.2) is 0 Å². The molecular formula is C12H11BrClFN4O. The maximum Gasteiger partial charge on any atom is 0.320 e. The standard InChI is InChI=1S/C12H11BrClFN4O/c13-8-3-6(15)4-9(14)11(8)17-12-19-18-10(20-12)5-16-7-1-2-7/h3-4,7,16H,1-2,5H2,(H,17,19). The number of nitrogens with one attached hydrogen (secondary N) is 2. The van der Waals surface area contributed by atoms with Crippen LogP contribution < -0.4 is 10.6 Å². The number of nitrogens with zero attached hydrogens (tertiary/aromatic N) is 2. The van der Waals surface area contributed by atoms with Crippen molar-refractivity contribution in [2.75, 3.05) is 5.32 Å². The van der Waals surface area contributed by atoms with E-state index in [0.29, 0.717) is 28.6 Å². The van der Waals surface area contributed by atoms with Crippen LogP contribution in [-0.2, 0) is 6.54 Å². The van der Waals surface area contributed by atoms with Gasteiger partial charge in [0.2, 0.25) is 5.89 Å². The van der Waals surface area contributed by atoms with Gasteiger partial charge in [-0.1, -0.05) is 16.7 Å². The summed E-state index contributed by atoms with van der Waals surface area (Å²) in [4.78, 5) is 0. The fourth-order valence-electron chi connectivity index (χ4n) is 1.66. The molecule has 0 aliphatic heterocycles. The first kappa shape index (κ1) is 13.8. The zero-order valence-corrected chi connectivity index (χ0v) is 12.6. The molecule has 1 saturated carbocycles. The highest BCUT2D eigenvalue weighted by Crippen LogP contribution is 2.33. The van der Waals surface area contributed by atoms with E-state index < -0.39 is 5.82 Å².